The van der Waals surface area contributed by atoms with Crippen molar-refractivity contribution in [3.63, 3.8) is 0 Å². The van der Waals surface area contributed by atoms with Crippen LogP contribution in [0.5, 0.6) is 0 Å². The summed E-state index contributed by atoms with van der Waals surface area (Å²) in [4.78, 5) is 0. The van der Waals surface area contributed by atoms with E-state index in [9.17, 15) is 0 Å². The first-order valence-corrected chi connectivity index (χ1v) is 6.61. The van der Waals surface area contributed by atoms with Crippen LogP contribution in [0, 0.1) is 0 Å². The van der Waals surface area contributed by atoms with Crippen molar-refractivity contribution in [2.75, 3.05) is 53.8 Å². The Morgan fingerprint density at radius 1 is 0.944 bits per heavy atom. The van der Waals surface area contributed by atoms with Gasteiger partial charge in [-0.15, -0.1) is 0 Å². The topological polar surface area (TPSA) is 49.0 Å². The minimum absolute atomic E-state index is 0.108. The summed E-state index contributed by atoms with van der Waals surface area (Å²) in [5.74, 6) is 0. The molecule has 5 heteroatoms. The van der Waals surface area contributed by atoms with Crippen molar-refractivity contribution in [3.05, 3.63) is 0 Å². The quantitative estimate of drug-likeness (QED) is 0.504. The van der Waals surface area contributed by atoms with Crippen LogP contribution in [-0.2, 0) is 18.9 Å². The van der Waals surface area contributed by atoms with Crippen LogP contribution >= 0.6 is 0 Å². The summed E-state index contributed by atoms with van der Waals surface area (Å²) in [6, 6.07) is 0.463. The van der Waals surface area contributed by atoms with E-state index < -0.39 is 0 Å². The van der Waals surface area contributed by atoms with Crippen LogP contribution in [0.2, 0.25) is 0 Å². The normalized spacial score (nSPS) is 13.2. The molecule has 110 valence electrons. The highest BCUT2D eigenvalue weighted by molar-refractivity contribution is 4.63. The molecule has 1 atom stereocenters. The Balaban J connectivity index is 3.45. The van der Waals surface area contributed by atoms with E-state index in [1.165, 1.54) is 0 Å². The van der Waals surface area contributed by atoms with Gasteiger partial charge in [-0.2, -0.15) is 0 Å². The van der Waals surface area contributed by atoms with Crippen molar-refractivity contribution in [1.82, 2.24) is 5.32 Å². The van der Waals surface area contributed by atoms with Crippen molar-refractivity contribution in [3.8, 4) is 0 Å². The fourth-order valence-corrected chi connectivity index (χ4v) is 1.37. The van der Waals surface area contributed by atoms with Gasteiger partial charge in [0, 0.05) is 40.0 Å². The molecule has 0 saturated heterocycles. The third kappa shape index (κ3) is 12.3. The first-order valence-electron chi connectivity index (χ1n) is 6.61. The van der Waals surface area contributed by atoms with Gasteiger partial charge in [0.2, 0.25) is 0 Å². The smallest absolute Gasteiger partial charge is 0.0932 e. The lowest BCUT2D eigenvalue weighted by Crippen LogP contribution is -2.36. The third-order valence-electron chi connectivity index (χ3n) is 2.32. The van der Waals surface area contributed by atoms with Crippen molar-refractivity contribution >= 4 is 0 Å². The maximum atomic E-state index is 5.74. The highest BCUT2D eigenvalue weighted by Crippen LogP contribution is 1.95. The van der Waals surface area contributed by atoms with E-state index in [1.807, 2.05) is 0 Å². The summed E-state index contributed by atoms with van der Waals surface area (Å²) in [6.07, 6.45) is 1.00. The lowest BCUT2D eigenvalue weighted by atomic mass is 10.3. The second kappa shape index (κ2) is 13.2. The van der Waals surface area contributed by atoms with E-state index >= 15 is 0 Å². The van der Waals surface area contributed by atoms with Crippen LogP contribution in [0.4, 0.5) is 0 Å². The molecular weight excluding hydrogens is 234 g/mol. The van der Waals surface area contributed by atoms with E-state index in [0.717, 1.165) is 13.0 Å². The van der Waals surface area contributed by atoms with Gasteiger partial charge in [-0.25, -0.2) is 0 Å². The Morgan fingerprint density at radius 3 is 2.33 bits per heavy atom. The molecule has 0 amide bonds. The lowest BCUT2D eigenvalue weighted by Gasteiger charge is -2.19. The molecule has 0 aliphatic rings. The van der Waals surface area contributed by atoms with Crippen LogP contribution < -0.4 is 5.32 Å². The Kier molecular flexibility index (Phi) is 13.1. The molecule has 0 aromatic rings. The van der Waals surface area contributed by atoms with Crippen molar-refractivity contribution in [2.24, 2.45) is 0 Å². The molecule has 0 rings (SSSR count). The predicted octanol–water partition coefficient (Wildman–Crippen LogP) is 1.07. The highest BCUT2D eigenvalue weighted by Gasteiger charge is 2.08. The van der Waals surface area contributed by atoms with Gasteiger partial charge in [0.1, 0.15) is 0 Å². The van der Waals surface area contributed by atoms with Crippen LogP contribution in [0.3, 0.4) is 0 Å². The summed E-state index contributed by atoms with van der Waals surface area (Å²) < 4.78 is 21.1. The minimum Gasteiger partial charge on any atom is -0.382 e. The molecule has 0 saturated carbocycles. The molecular formula is C13H29NO4. The number of methoxy groups -OCH3 is 2. The SMILES string of the molecule is COCCOCCCOC(CNC(C)C)COC. The molecule has 0 aliphatic heterocycles. The second-order valence-corrected chi connectivity index (χ2v) is 4.47. The van der Waals surface area contributed by atoms with Crippen LogP contribution in [-0.4, -0.2) is 65.9 Å². The Bertz CT molecular complexity index is 167. The van der Waals surface area contributed by atoms with E-state index in [-0.39, 0.29) is 6.10 Å². The van der Waals surface area contributed by atoms with Gasteiger partial charge in [-0.3, -0.25) is 0 Å². The zero-order chi connectivity index (χ0) is 13.6. The molecule has 0 heterocycles. The van der Waals surface area contributed by atoms with E-state index in [4.69, 9.17) is 18.9 Å². The lowest BCUT2D eigenvalue weighted by molar-refractivity contribution is -0.0130. The van der Waals surface area contributed by atoms with Crippen LogP contribution in [0.1, 0.15) is 20.3 Å². The Labute approximate surface area is 111 Å². The first-order chi connectivity index (χ1) is 8.70. The molecule has 0 aromatic carbocycles. The molecule has 18 heavy (non-hydrogen) atoms. The van der Waals surface area contributed by atoms with Gasteiger partial charge in [-0.05, 0) is 6.42 Å². The van der Waals surface area contributed by atoms with Crippen molar-refractivity contribution in [1.29, 1.82) is 0 Å². The number of ether oxygens (including phenoxy) is 4. The summed E-state index contributed by atoms with van der Waals surface area (Å²) >= 11 is 0. The van der Waals surface area contributed by atoms with Gasteiger partial charge >= 0.3 is 0 Å². The maximum Gasteiger partial charge on any atom is 0.0932 e. The molecule has 0 bridgehead atoms. The zero-order valence-electron chi connectivity index (χ0n) is 12.2. The molecule has 5 nitrogen and oxygen atoms in total. The summed E-state index contributed by atoms with van der Waals surface area (Å²) in [5.41, 5.74) is 0. The van der Waals surface area contributed by atoms with Gasteiger partial charge in [0.05, 0.1) is 25.9 Å². The van der Waals surface area contributed by atoms with E-state index in [0.29, 0.717) is 39.1 Å². The fourth-order valence-electron chi connectivity index (χ4n) is 1.37. The first kappa shape index (κ1) is 17.8. The monoisotopic (exact) mass is 263 g/mol. The van der Waals surface area contributed by atoms with Gasteiger partial charge < -0.3 is 24.3 Å². The predicted molar refractivity (Wildman–Crippen MR) is 72.1 cm³/mol. The fraction of sp³-hybridized carbons (Fsp3) is 1.00. The van der Waals surface area contributed by atoms with Crippen LogP contribution in [0.15, 0.2) is 0 Å². The molecule has 0 fully saturated rings. The summed E-state index contributed by atoms with van der Waals surface area (Å²) in [5, 5.41) is 3.35. The molecule has 0 aliphatic carbocycles. The van der Waals surface area contributed by atoms with Crippen LogP contribution in [0.25, 0.3) is 0 Å². The molecule has 0 aromatic heterocycles. The zero-order valence-corrected chi connectivity index (χ0v) is 12.2. The molecule has 1 N–H and O–H groups in total. The average molecular weight is 263 g/mol. The Morgan fingerprint density at radius 2 is 1.72 bits per heavy atom. The summed E-state index contributed by atoms with van der Waals surface area (Å²) in [6.45, 7) is 8.36. The molecule has 0 radical (unpaired) electrons. The number of hydrogen-bond donors (Lipinski definition) is 1. The number of hydrogen-bond acceptors (Lipinski definition) is 5. The van der Waals surface area contributed by atoms with E-state index in [1.54, 1.807) is 14.2 Å². The molecule has 1 unspecified atom stereocenters. The van der Waals surface area contributed by atoms with Crippen molar-refractivity contribution < 1.29 is 18.9 Å². The second-order valence-electron chi connectivity index (χ2n) is 4.47. The highest BCUT2D eigenvalue weighted by atomic mass is 16.5. The molecule has 0 spiro atoms. The average Bonchev–Trinajstić information content (AvgIpc) is 2.34. The van der Waals surface area contributed by atoms with Crippen molar-refractivity contribution in [2.45, 2.75) is 32.4 Å². The number of rotatable bonds is 13. The Hall–Kier alpha value is -0.200. The van der Waals surface area contributed by atoms with Gasteiger partial charge in [0.25, 0.3) is 0 Å². The van der Waals surface area contributed by atoms with Gasteiger partial charge in [-0.1, -0.05) is 13.8 Å². The summed E-state index contributed by atoms with van der Waals surface area (Å²) in [7, 11) is 3.36. The third-order valence-corrected chi connectivity index (χ3v) is 2.32. The minimum atomic E-state index is 0.108. The standard InChI is InChI=1S/C13H29NO4/c1-12(2)14-10-13(11-16-4)18-7-5-6-17-9-8-15-3/h12-14H,5-11H2,1-4H3. The van der Waals surface area contributed by atoms with E-state index in [2.05, 4.69) is 19.2 Å². The number of nitrogens with one attached hydrogen (secondary N) is 1. The largest absolute Gasteiger partial charge is 0.382 e. The maximum absolute atomic E-state index is 5.74. The van der Waals surface area contributed by atoms with Gasteiger partial charge in [0.15, 0.2) is 0 Å².